The van der Waals surface area contributed by atoms with Crippen molar-refractivity contribution in [2.45, 2.75) is 45.4 Å². The molecule has 0 amide bonds. The Bertz CT molecular complexity index is 917. The quantitative estimate of drug-likeness (QED) is 0.108. The van der Waals surface area contributed by atoms with E-state index < -0.39 is 5.97 Å². The van der Waals surface area contributed by atoms with E-state index in [9.17, 15) is 9.59 Å². The first-order chi connectivity index (χ1) is 16.1. The summed E-state index contributed by atoms with van der Waals surface area (Å²) in [6.07, 6.45) is 8.60. The fourth-order valence-electron chi connectivity index (χ4n) is 3.17. The van der Waals surface area contributed by atoms with Gasteiger partial charge in [-0.15, -0.1) is 0 Å². The third-order valence-electron chi connectivity index (χ3n) is 4.85. The van der Waals surface area contributed by atoms with Crippen LogP contribution in [0.1, 0.15) is 54.9 Å². The van der Waals surface area contributed by atoms with Crippen molar-refractivity contribution in [3.8, 4) is 17.2 Å². The Labute approximate surface area is 195 Å². The molecule has 6 nitrogen and oxygen atoms in total. The van der Waals surface area contributed by atoms with E-state index in [2.05, 4.69) is 13.2 Å². The predicted octanol–water partition coefficient (Wildman–Crippen LogP) is 6.05. The van der Waals surface area contributed by atoms with E-state index in [-0.39, 0.29) is 5.97 Å². The van der Waals surface area contributed by atoms with E-state index in [1.807, 2.05) is 19.1 Å². The molecular formula is C27H32O6. The molecule has 2 aromatic rings. The zero-order valence-corrected chi connectivity index (χ0v) is 19.2. The molecule has 2 aromatic carbocycles. The summed E-state index contributed by atoms with van der Waals surface area (Å²) in [4.78, 5) is 23.5. The first-order valence-electron chi connectivity index (χ1n) is 11.2. The van der Waals surface area contributed by atoms with Gasteiger partial charge in [0.25, 0.3) is 0 Å². The predicted molar refractivity (Wildman–Crippen MR) is 128 cm³/mol. The van der Waals surface area contributed by atoms with Crippen molar-refractivity contribution in [1.29, 1.82) is 0 Å². The number of benzene rings is 2. The number of aryl methyl sites for hydroxylation is 1. The average Bonchev–Trinajstić information content (AvgIpc) is 2.82. The Kier molecular flexibility index (Phi) is 11.3. The SMILES string of the molecule is C=COc1ccc(OC(=O)c2ccc(CCCCCCCOC(=O)C=C)cc2)cc1OCC. The van der Waals surface area contributed by atoms with E-state index >= 15 is 0 Å². The Morgan fingerprint density at radius 2 is 1.64 bits per heavy atom. The molecule has 0 N–H and O–H groups in total. The van der Waals surface area contributed by atoms with Gasteiger partial charge in [0.15, 0.2) is 11.5 Å². The van der Waals surface area contributed by atoms with Gasteiger partial charge in [0, 0.05) is 12.1 Å². The van der Waals surface area contributed by atoms with Gasteiger partial charge in [-0.05, 0) is 56.0 Å². The number of hydrogen-bond donors (Lipinski definition) is 0. The minimum absolute atomic E-state index is 0.367. The molecule has 6 heteroatoms. The molecule has 0 aliphatic carbocycles. The molecule has 0 atom stereocenters. The summed E-state index contributed by atoms with van der Waals surface area (Å²) in [5, 5.41) is 0. The van der Waals surface area contributed by atoms with E-state index in [4.69, 9.17) is 18.9 Å². The highest BCUT2D eigenvalue weighted by molar-refractivity contribution is 5.91. The fraction of sp³-hybridized carbons (Fsp3) is 0.333. The summed E-state index contributed by atoms with van der Waals surface area (Å²) in [5.74, 6) is 0.568. The molecule has 2 rings (SSSR count). The molecule has 33 heavy (non-hydrogen) atoms. The summed E-state index contributed by atoms with van der Waals surface area (Å²) in [6, 6.07) is 12.4. The molecule has 176 valence electrons. The number of ether oxygens (including phenoxy) is 4. The summed E-state index contributed by atoms with van der Waals surface area (Å²) >= 11 is 0. The van der Waals surface area contributed by atoms with E-state index in [1.165, 1.54) is 17.9 Å². The van der Waals surface area contributed by atoms with Crippen LogP contribution in [-0.4, -0.2) is 25.2 Å². The average molecular weight is 453 g/mol. The lowest BCUT2D eigenvalue weighted by Crippen LogP contribution is -2.08. The van der Waals surface area contributed by atoms with Gasteiger partial charge in [-0.2, -0.15) is 0 Å². The van der Waals surface area contributed by atoms with E-state index in [0.29, 0.717) is 36.0 Å². The summed E-state index contributed by atoms with van der Waals surface area (Å²) in [5.41, 5.74) is 1.66. The molecule has 0 saturated heterocycles. The second-order valence-electron chi connectivity index (χ2n) is 7.30. The zero-order valence-electron chi connectivity index (χ0n) is 19.2. The Morgan fingerprint density at radius 3 is 2.33 bits per heavy atom. The molecule has 0 fully saturated rings. The lowest BCUT2D eigenvalue weighted by atomic mass is 10.0. The smallest absolute Gasteiger partial charge is 0.343 e. The maximum Gasteiger partial charge on any atom is 0.343 e. The number of unbranched alkanes of at least 4 members (excludes halogenated alkanes) is 4. The highest BCUT2D eigenvalue weighted by Crippen LogP contribution is 2.32. The van der Waals surface area contributed by atoms with E-state index in [1.54, 1.807) is 30.3 Å². The van der Waals surface area contributed by atoms with Gasteiger partial charge >= 0.3 is 11.9 Å². The van der Waals surface area contributed by atoms with Gasteiger partial charge in [-0.3, -0.25) is 0 Å². The molecule has 0 radical (unpaired) electrons. The number of carbonyl (C=O) groups is 2. The van der Waals surface area contributed by atoms with Crippen LogP contribution < -0.4 is 14.2 Å². The third-order valence-corrected chi connectivity index (χ3v) is 4.85. The zero-order chi connectivity index (χ0) is 23.9. The van der Waals surface area contributed by atoms with E-state index in [0.717, 1.165) is 38.5 Å². The summed E-state index contributed by atoms with van der Waals surface area (Å²) in [7, 11) is 0. The summed E-state index contributed by atoms with van der Waals surface area (Å²) in [6.45, 7) is 9.67. The second kappa shape index (κ2) is 14.5. The largest absolute Gasteiger partial charge is 0.490 e. The lowest BCUT2D eigenvalue weighted by molar-refractivity contribution is -0.137. The molecule has 0 unspecified atom stereocenters. The van der Waals surface area contributed by atoms with Crippen molar-refractivity contribution in [2.24, 2.45) is 0 Å². The lowest BCUT2D eigenvalue weighted by Gasteiger charge is -2.11. The molecule has 0 spiro atoms. The summed E-state index contributed by atoms with van der Waals surface area (Å²) < 4.78 is 21.3. The van der Waals surface area contributed by atoms with Crippen molar-refractivity contribution >= 4 is 11.9 Å². The minimum Gasteiger partial charge on any atom is -0.490 e. The van der Waals surface area contributed by atoms with Crippen LogP contribution in [0.3, 0.4) is 0 Å². The highest BCUT2D eigenvalue weighted by Gasteiger charge is 2.12. The first-order valence-corrected chi connectivity index (χ1v) is 11.2. The fourth-order valence-corrected chi connectivity index (χ4v) is 3.17. The van der Waals surface area contributed by atoms with Crippen LogP contribution in [-0.2, 0) is 16.0 Å². The maximum absolute atomic E-state index is 12.5. The number of carbonyl (C=O) groups excluding carboxylic acids is 2. The number of esters is 2. The molecule has 0 aromatic heterocycles. The molecule has 0 saturated carbocycles. The first kappa shape index (κ1) is 25.7. The Balaban J connectivity index is 1.76. The van der Waals surface area contributed by atoms with Crippen molar-refractivity contribution in [3.05, 3.63) is 79.1 Å². The van der Waals surface area contributed by atoms with Crippen molar-refractivity contribution in [3.63, 3.8) is 0 Å². The van der Waals surface area contributed by atoms with Gasteiger partial charge in [0.2, 0.25) is 0 Å². The van der Waals surface area contributed by atoms with Crippen LogP contribution in [0, 0.1) is 0 Å². The second-order valence-corrected chi connectivity index (χ2v) is 7.30. The minimum atomic E-state index is -0.432. The van der Waals surface area contributed by atoms with Crippen LogP contribution in [0.5, 0.6) is 17.2 Å². The third kappa shape index (κ3) is 9.23. The topological polar surface area (TPSA) is 71.1 Å². The molecule has 0 bridgehead atoms. The van der Waals surface area contributed by atoms with Crippen LogP contribution in [0.15, 0.2) is 68.0 Å². The van der Waals surface area contributed by atoms with Gasteiger partial charge in [0.1, 0.15) is 5.75 Å². The monoisotopic (exact) mass is 452 g/mol. The van der Waals surface area contributed by atoms with Crippen LogP contribution in [0.4, 0.5) is 0 Å². The number of rotatable bonds is 15. The van der Waals surface area contributed by atoms with Gasteiger partial charge in [-0.25, -0.2) is 9.59 Å². The normalized spacial score (nSPS) is 10.2. The van der Waals surface area contributed by atoms with Crippen molar-refractivity contribution in [2.75, 3.05) is 13.2 Å². The molecule has 0 aliphatic rings. The highest BCUT2D eigenvalue weighted by atomic mass is 16.5. The van der Waals surface area contributed by atoms with Gasteiger partial charge < -0.3 is 18.9 Å². The van der Waals surface area contributed by atoms with Crippen LogP contribution in [0.2, 0.25) is 0 Å². The Morgan fingerprint density at radius 1 is 0.909 bits per heavy atom. The van der Waals surface area contributed by atoms with Crippen LogP contribution >= 0.6 is 0 Å². The van der Waals surface area contributed by atoms with Crippen molar-refractivity contribution < 1.29 is 28.5 Å². The maximum atomic E-state index is 12.5. The van der Waals surface area contributed by atoms with Gasteiger partial charge in [0.05, 0.1) is 25.0 Å². The Hall–Kier alpha value is -3.54. The number of hydrogen-bond acceptors (Lipinski definition) is 6. The van der Waals surface area contributed by atoms with Crippen LogP contribution in [0.25, 0.3) is 0 Å². The van der Waals surface area contributed by atoms with Gasteiger partial charge in [-0.1, -0.05) is 44.6 Å². The molecule has 0 aliphatic heterocycles. The standard InChI is InChI=1S/C27H32O6/c1-4-26(28)32-19-11-9-7-8-10-12-21-13-15-22(16-14-21)27(29)33-23-17-18-24(30-5-2)25(20-23)31-6-3/h4-5,13-18,20H,1-2,6-12,19H2,3H3. The molecule has 0 heterocycles. The molecular weight excluding hydrogens is 420 g/mol. The van der Waals surface area contributed by atoms with Crippen molar-refractivity contribution in [1.82, 2.24) is 0 Å².